The van der Waals surface area contributed by atoms with E-state index < -0.39 is 0 Å². The first-order valence-corrected chi connectivity index (χ1v) is 5.93. The highest BCUT2D eigenvalue weighted by Crippen LogP contribution is 2.19. The van der Waals surface area contributed by atoms with E-state index in [1.54, 1.807) is 6.07 Å². The number of nitrogens with one attached hydrogen (secondary N) is 1. The van der Waals surface area contributed by atoms with Crippen LogP contribution in [0.25, 0.3) is 0 Å². The predicted molar refractivity (Wildman–Crippen MR) is 63.8 cm³/mol. The Labute approximate surface area is 104 Å². The van der Waals surface area contributed by atoms with Crippen LogP contribution in [0.5, 0.6) is 5.75 Å². The highest BCUT2D eigenvalue weighted by molar-refractivity contribution is 5.29. The molecule has 96 valence electrons. The number of tetrazole rings is 1. The summed E-state index contributed by atoms with van der Waals surface area (Å²) < 4.78 is 18.7. The lowest BCUT2D eigenvalue weighted by molar-refractivity contribution is 0.321. The largest absolute Gasteiger partial charge is 0.491 e. The molecule has 0 radical (unpaired) electrons. The molecule has 0 aliphatic carbocycles. The molecule has 0 saturated carbocycles. The average molecular weight is 250 g/mol. The fraction of sp³-hybridized carbons (Fsp3) is 0.417. The van der Waals surface area contributed by atoms with Gasteiger partial charge in [-0.05, 0) is 37.5 Å². The molecule has 0 aliphatic rings. The Hall–Kier alpha value is -1.98. The summed E-state index contributed by atoms with van der Waals surface area (Å²) in [7, 11) is 0. The lowest BCUT2D eigenvalue weighted by atomic mass is 10.1. The van der Waals surface area contributed by atoms with E-state index in [9.17, 15) is 4.39 Å². The monoisotopic (exact) mass is 250 g/mol. The van der Waals surface area contributed by atoms with Crippen LogP contribution in [0.4, 0.5) is 4.39 Å². The third-order valence-corrected chi connectivity index (χ3v) is 2.55. The minimum absolute atomic E-state index is 0.305. The van der Waals surface area contributed by atoms with Crippen molar-refractivity contribution in [2.75, 3.05) is 6.61 Å². The van der Waals surface area contributed by atoms with Gasteiger partial charge < -0.3 is 4.74 Å². The molecule has 0 fully saturated rings. The van der Waals surface area contributed by atoms with Crippen LogP contribution in [0.15, 0.2) is 18.2 Å². The summed E-state index contributed by atoms with van der Waals surface area (Å²) in [6.07, 6.45) is 2.36. The minimum Gasteiger partial charge on any atom is -0.491 e. The summed E-state index contributed by atoms with van der Waals surface area (Å²) in [4.78, 5) is 0. The summed E-state index contributed by atoms with van der Waals surface area (Å²) in [5.41, 5.74) is 0.944. The van der Waals surface area contributed by atoms with E-state index >= 15 is 0 Å². The molecule has 18 heavy (non-hydrogen) atoms. The first-order valence-electron chi connectivity index (χ1n) is 5.93. The number of aryl methyl sites for hydroxylation is 2. The van der Waals surface area contributed by atoms with Crippen molar-refractivity contribution in [1.29, 1.82) is 0 Å². The molecule has 2 rings (SSSR count). The van der Waals surface area contributed by atoms with Crippen molar-refractivity contribution >= 4 is 0 Å². The molecule has 2 aromatic rings. The van der Waals surface area contributed by atoms with Crippen molar-refractivity contribution < 1.29 is 9.13 Å². The Morgan fingerprint density at radius 3 is 2.89 bits per heavy atom. The van der Waals surface area contributed by atoms with Gasteiger partial charge in [0.1, 0.15) is 0 Å². The third-order valence-electron chi connectivity index (χ3n) is 2.55. The fourth-order valence-electron chi connectivity index (χ4n) is 1.71. The summed E-state index contributed by atoms with van der Waals surface area (Å²) >= 11 is 0. The number of ether oxygens (including phenoxy) is 1. The Bertz CT molecular complexity index is 487. The Morgan fingerprint density at radius 1 is 1.33 bits per heavy atom. The summed E-state index contributed by atoms with van der Waals surface area (Å²) in [6.45, 7) is 2.30. The molecular formula is C12H15FN4O. The van der Waals surface area contributed by atoms with Crippen LogP contribution in [0.3, 0.4) is 0 Å². The van der Waals surface area contributed by atoms with E-state index in [0.717, 1.165) is 24.8 Å². The summed E-state index contributed by atoms with van der Waals surface area (Å²) in [6, 6.07) is 5.06. The second kappa shape index (κ2) is 6.09. The number of aromatic nitrogens is 4. The number of nitrogens with zero attached hydrogens (tertiary/aromatic N) is 3. The van der Waals surface area contributed by atoms with Crippen molar-refractivity contribution in [2.45, 2.75) is 26.2 Å². The van der Waals surface area contributed by atoms with Crippen LogP contribution in [-0.2, 0) is 12.8 Å². The van der Waals surface area contributed by atoms with Gasteiger partial charge in [0.2, 0.25) is 0 Å². The highest BCUT2D eigenvalue weighted by atomic mass is 19.1. The number of rotatable bonds is 6. The van der Waals surface area contributed by atoms with E-state index in [4.69, 9.17) is 4.74 Å². The van der Waals surface area contributed by atoms with E-state index in [-0.39, 0.29) is 5.82 Å². The molecule has 0 atom stereocenters. The van der Waals surface area contributed by atoms with Crippen LogP contribution < -0.4 is 4.74 Å². The number of hydrogen-bond acceptors (Lipinski definition) is 4. The molecule has 1 heterocycles. The summed E-state index contributed by atoms with van der Waals surface area (Å²) in [5.74, 6) is 0.676. The van der Waals surface area contributed by atoms with Crippen molar-refractivity contribution in [3.8, 4) is 5.75 Å². The third kappa shape index (κ3) is 3.26. The second-order valence-corrected chi connectivity index (χ2v) is 3.88. The lowest BCUT2D eigenvalue weighted by Crippen LogP contribution is -1.97. The number of benzene rings is 1. The van der Waals surface area contributed by atoms with Gasteiger partial charge in [-0.1, -0.05) is 11.3 Å². The molecule has 0 aliphatic heterocycles. The van der Waals surface area contributed by atoms with Crippen LogP contribution in [0, 0.1) is 5.82 Å². The van der Waals surface area contributed by atoms with Crippen molar-refractivity contribution in [3.05, 3.63) is 35.4 Å². The zero-order chi connectivity index (χ0) is 12.8. The molecule has 1 aromatic heterocycles. The van der Waals surface area contributed by atoms with Gasteiger partial charge in [0.15, 0.2) is 17.4 Å². The molecule has 1 N–H and O–H groups in total. The fourth-order valence-corrected chi connectivity index (χ4v) is 1.71. The molecule has 0 bridgehead atoms. The minimum atomic E-state index is -0.311. The lowest BCUT2D eigenvalue weighted by Gasteiger charge is -2.06. The maximum absolute atomic E-state index is 13.6. The van der Waals surface area contributed by atoms with Gasteiger partial charge in [0.05, 0.1) is 6.61 Å². The van der Waals surface area contributed by atoms with E-state index in [2.05, 4.69) is 20.6 Å². The SMILES string of the molecule is CCOc1ccc(CCCc2nn[nH]n2)cc1F. The average Bonchev–Trinajstić information content (AvgIpc) is 2.86. The molecule has 6 heteroatoms. The van der Waals surface area contributed by atoms with Gasteiger partial charge in [-0.15, -0.1) is 10.2 Å². The zero-order valence-electron chi connectivity index (χ0n) is 10.2. The molecule has 0 saturated heterocycles. The van der Waals surface area contributed by atoms with Gasteiger partial charge in [-0.2, -0.15) is 5.21 Å². The van der Waals surface area contributed by atoms with Gasteiger partial charge in [-0.25, -0.2) is 4.39 Å². The first-order chi connectivity index (χ1) is 8.79. The van der Waals surface area contributed by atoms with Gasteiger partial charge in [0.25, 0.3) is 0 Å². The number of halogens is 1. The molecule has 0 unspecified atom stereocenters. The molecule has 1 aromatic carbocycles. The van der Waals surface area contributed by atoms with E-state index in [1.165, 1.54) is 6.07 Å². The topological polar surface area (TPSA) is 63.7 Å². The van der Waals surface area contributed by atoms with Crippen LogP contribution in [0.2, 0.25) is 0 Å². The smallest absolute Gasteiger partial charge is 0.174 e. The Morgan fingerprint density at radius 2 is 2.22 bits per heavy atom. The van der Waals surface area contributed by atoms with Crippen molar-refractivity contribution in [2.24, 2.45) is 0 Å². The quantitative estimate of drug-likeness (QED) is 0.850. The predicted octanol–water partition coefficient (Wildman–Crippen LogP) is 1.91. The first kappa shape index (κ1) is 12.5. The van der Waals surface area contributed by atoms with Gasteiger partial charge in [0, 0.05) is 6.42 Å². The van der Waals surface area contributed by atoms with Crippen LogP contribution in [-0.4, -0.2) is 27.2 Å². The normalized spacial score (nSPS) is 10.6. The summed E-state index contributed by atoms with van der Waals surface area (Å²) in [5, 5.41) is 13.6. The maximum atomic E-state index is 13.6. The van der Waals surface area contributed by atoms with Crippen LogP contribution >= 0.6 is 0 Å². The van der Waals surface area contributed by atoms with Gasteiger partial charge in [-0.3, -0.25) is 0 Å². The molecular weight excluding hydrogens is 235 g/mol. The zero-order valence-corrected chi connectivity index (χ0v) is 10.2. The Balaban J connectivity index is 1.88. The number of H-pyrrole nitrogens is 1. The second-order valence-electron chi connectivity index (χ2n) is 3.88. The van der Waals surface area contributed by atoms with Crippen molar-refractivity contribution in [1.82, 2.24) is 20.6 Å². The van der Waals surface area contributed by atoms with Crippen LogP contribution in [0.1, 0.15) is 24.7 Å². The molecule has 0 spiro atoms. The van der Waals surface area contributed by atoms with E-state index in [0.29, 0.717) is 18.2 Å². The highest BCUT2D eigenvalue weighted by Gasteiger charge is 2.05. The maximum Gasteiger partial charge on any atom is 0.174 e. The Kier molecular flexibility index (Phi) is 4.22. The number of hydrogen-bond donors (Lipinski definition) is 1. The standard InChI is InChI=1S/C12H15FN4O/c1-2-18-11-7-6-9(8-10(11)13)4-3-5-12-14-16-17-15-12/h6-8H,2-5H2,1H3,(H,14,15,16,17). The number of aromatic amines is 1. The molecule has 0 amide bonds. The molecule has 5 nitrogen and oxygen atoms in total. The van der Waals surface area contributed by atoms with E-state index in [1.807, 2.05) is 13.0 Å². The van der Waals surface area contributed by atoms with Crippen molar-refractivity contribution in [3.63, 3.8) is 0 Å². The van der Waals surface area contributed by atoms with Gasteiger partial charge >= 0.3 is 0 Å².